The first-order valence-electron chi connectivity index (χ1n) is 4.16. The molecular formula is C8H10N4O2. The van der Waals surface area contributed by atoms with Gasteiger partial charge in [-0.15, -0.1) is 5.10 Å². The van der Waals surface area contributed by atoms with Crippen LogP contribution in [0.1, 0.15) is 11.5 Å². The first-order chi connectivity index (χ1) is 6.88. The van der Waals surface area contributed by atoms with Crippen LogP contribution < -0.4 is 11.1 Å². The van der Waals surface area contributed by atoms with E-state index in [2.05, 4.69) is 15.5 Å². The van der Waals surface area contributed by atoms with Gasteiger partial charge in [0.15, 0.2) is 0 Å². The monoisotopic (exact) mass is 194 g/mol. The number of anilines is 1. The number of nitrogens with one attached hydrogen (secondary N) is 1. The molecule has 0 radical (unpaired) electrons. The van der Waals surface area contributed by atoms with E-state index in [-0.39, 0.29) is 6.54 Å². The Morgan fingerprint density at radius 1 is 1.43 bits per heavy atom. The minimum Gasteiger partial charge on any atom is -0.472 e. The Labute approximate surface area is 80.1 Å². The molecule has 0 aliphatic carbocycles. The smallest absolute Gasteiger partial charge is 0.315 e. The van der Waals surface area contributed by atoms with Crippen molar-refractivity contribution in [1.29, 1.82) is 0 Å². The van der Waals surface area contributed by atoms with E-state index in [0.717, 1.165) is 5.56 Å². The van der Waals surface area contributed by atoms with Gasteiger partial charge in [0.25, 0.3) is 0 Å². The number of hydrogen-bond acceptors (Lipinski definition) is 6. The van der Waals surface area contributed by atoms with Crippen molar-refractivity contribution >= 4 is 6.01 Å². The van der Waals surface area contributed by atoms with Gasteiger partial charge >= 0.3 is 6.01 Å². The Bertz CT molecular complexity index is 382. The summed E-state index contributed by atoms with van der Waals surface area (Å²) in [5.74, 6) is 0.416. The van der Waals surface area contributed by atoms with Gasteiger partial charge in [0.05, 0.1) is 19.1 Å². The highest BCUT2D eigenvalue weighted by Gasteiger charge is 2.03. The number of hydrogen-bond donors (Lipinski definition) is 2. The molecule has 0 unspecified atom stereocenters. The van der Waals surface area contributed by atoms with Crippen molar-refractivity contribution in [3.8, 4) is 0 Å². The molecule has 14 heavy (non-hydrogen) atoms. The summed E-state index contributed by atoms with van der Waals surface area (Å²) in [5, 5.41) is 10.4. The Balaban J connectivity index is 1.92. The van der Waals surface area contributed by atoms with Gasteiger partial charge in [-0.25, -0.2) is 0 Å². The predicted octanol–water partition coefficient (Wildman–Crippen LogP) is 0.733. The lowest BCUT2D eigenvalue weighted by Crippen LogP contribution is -1.98. The second-order valence-electron chi connectivity index (χ2n) is 2.69. The third kappa shape index (κ3) is 1.91. The zero-order valence-electron chi connectivity index (χ0n) is 7.43. The first-order valence-corrected chi connectivity index (χ1v) is 4.16. The fourth-order valence-electron chi connectivity index (χ4n) is 0.978. The molecule has 2 aromatic rings. The lowest BCUT2D eigenvalue weighted by atomic mass is 10.3. The number of aromatic nitrogens is 2. The summed E-state index contributed by atoms with van der Waals surface area (Å²) in [4.78, 5) is 0. The van der Waals surface area contributed by atoms with Crippen LogP contribution in [0.15, 0.2) is 27.4 Å². The highest BCUT2D eigenvalue weighted by Crippen LogP contribution is 2.07. The Morgan fingerprint density at radius 3 is 3.00 bits per heavy atom. The van der Waals surface area contributed by atoms with Crippen LogP contribution in [0, 0.1) is 0 Å². The first kappa shape index (κ1) is 8.76. The van der Waals surface area contributed by atoms with Crippen molar-refractivity contribution in [2.45, 2.75) is 13.1 Å². The maximum absolute atomic E-state index is 5.31. The second kappa shape index (κ2) is 3.93. The largest absolute Gasteiger partial charge is 0.472 e. The maximum atomic E-state index is 5.31. The van der Waals surface area contributed by atoms with Gasteiger partial charge in [-0.05, 0) is 6.07 Å². The highest BCUT2D eigenvalue weighted by atomic mass is 16.4. The van der Waals surface area contributed by atoms with Crippen LogP contribution in [0.2, 0.25) is 0 Å². The van der Waals surface area contributed by atoms with E-state index in [1.807, 2.05) is 6.07 Å². The third-order valence-corrected chi connectivity index (χ3v) is 1.67. The average Bonchev–Trinajstić information content (AvgIpc) is 2.86. The molecule has 6 nitrogen and oxygen atoms in total. The van der Waals surface area contributed by atoms with Gasteiger partial charge in [0, 0.05) is 12.1 Å². The highest BCUT2D eigenvalue weighted by molar-refractivity contribution is 5.20. The molecule has 0 saturated heterocycles. The summed E-state index contributed by atoms with van der Waals surface area (Å²) in [7, 11) is 0. The van der Waals surface area contributed by atoms with Gasteiger partial charge in [0.1, 0.15) is 0 Å². The molecule has 0 spiro atoms. The molecule has 0 saturated carbocycles. The molecular weight excluding hydrogens is 184 g/mol. The summed E-state index contributed by atoms with van der Waals surface area (Å²) in [6.45, 7) is 0.836. The normalized spacial score (nSPS) is 10.4. The van der Waals surface area contributed by atoms with E-state index in [0.29, 0.717) is 18.5 Å². The number of nitrogens with zero attached hydrogens (tertiary/aromatic N) is 2. The van der Waals surface area contributed by atoms with Crippen molar-refractivity contribution in [2.75, 3.05) is 5.32 Å². The van der Waals surface area contributed by atoms with Crippen LogP contribution in [-0.2, 0) is 13.1 Å². The summed E-state index contributed by atoms with van der Waals surface area (Å²) >= 11 is 0. The van der Waals surface area contributed by atoms with Crippen LogP contribution >= 0.6 is 0 Å². The Morgan fingerprint density at radius 2 is 2.36 bits per heavy atom. The van der Waals surface area contributed by atoms with E-state index in [4.69, 9.17) is 14.6 Å². The topological polar surface area (TPSA) is 90.1 Å². The van der Waals surface area contributed by atoms with Gasteiger partial charge < -0.3 is 19.9 Å². The summed E-state index contributed by atoms with van der Waals surface area (Å²) in [6, 6.07) is 2.22. The quantitative estimate of drug-likeness (QED) is 0.745. The number of rotatable bonds is 4. The Kier molecular flexibility index (Phi) is 2.46. The van der Waals surface area contributed by atoms with E-state index >= 15 is 0 Å². The van der Waals surface area contributed by atoms with Crippen molar-refractivity contribution < 1.29 is 8.83 Å². The van der Waals surface area contributed by atoms with Gasteiger partial charge in [-0.1, -0.05) is 5.10 Å². The van der Waals surface area contributed by atoms with Crippen LogP contribution in [0.3, 0.4) is 0 Å². The molecule has 0 aliphatic rings. The maximum Gasteiger partial charge on any atom is 0.315 e. The van der Waals surface area contributed by atoms with Crippen LogP contribution in [0.5, 0.6) is 0 Å². The number of nitrogens with two attached hydrogens (primary N) is 1. The minimum absolute atomic E-state index is 0.250. The van der Waals surface area contributed by atoms with E-state index in [1.54, 1.807) is 12.5 Å². The van der Waals surface area contributed by atoms with E-state index in [9.17, 15) is 0 Å². The third-order valence-electron chi connectivity index (χ3n) is 1.67. The SMILES string of the molecule is NCc1nnc(NCc2ccoc2)o1. The zero-order valence-corrected chi connectivity index (χ0v) is 7.43. The second-order valence-corrected chi connectivity index (χ2v) is 2.69. The van der Waals surface area contributed by atoms with Crippen LogP contribution in [0.25, 0.3) is 0 Å². The molecule has 0 aliphatic heterocycles. The molecule has 3 N–H and O–H groups in total. The fraction of sp³-hybridized carbons (Fsp3) is 0.250. The van der Waals surface area contributed by atoms with Gasteiger partial charge in [-0.3, -0.25) is 0 Å². The van der Waals surface area contributed by atoms with Gasteiger partial charge in [-0.2, -0.15) is 0 Å². The zero-order chi connectivity index (χ0) is 9.80. The predicted molar refractivity (Wildman–Crippen MR) is 48.2 cm³/mol. The van der Waals surface area contributed by atoms with Crippen molar-refractivity contribution in [3.63, 3.8) is 0 Å². The summed E-state index contributed by atoms with van der Waals surface area (Å²) < 4.78 is 10.0. The van der Waals surface area contributed by atoms with E-state index in [1.165, 1.54) is 0 Å². The molecule has 2 aromatic heterocycles. The molecule has 0 fully saturated rings. The summed E-state index contributed by atoms with van der Waals surface area (Å²) in [5.41, 5.74) is 6.33. The fourth-order valence-corrected chi connectivity index (χ4v) is 0.978. The molecule has 2 rings (SSSR count). The van der Waals surface area contributed by atoms with Crippen molar-refractivity contribution in [1.82, 2.24) is 10.2 Å². The molecule has 6 heteroatoms. The van der Waals surface area contributed by atoms with Gasteiger partial charge in [0.2, 0.25) is 5.89 Å². The molecule has 0 bridgehead atoms. The molecule has 2 heterocycles. The molecule has 74 valence electrons. The Hall–Kier alpha value is -1.82. The lowest BCUT2D eigenvalue weighted by Gasteiger charge is -1.96. The summed E-state index contributed by atoms with van der Waals surface area (Å²) in [6.07, 6.45) is 3.25. The molecule has 0 amide bonds. The van der Waals surface area contributed by atoms with E-state index < -0.39 is 0 Å². The van der Waals surface area contributed by atoms with Crippen LogP contribution in [0.4, 0.5) is 6.01 Å². The minimum atomic E-state index is 0.250. The lowest BCUT2D eigenvalue weighted by molar-refractivity contribution is 0.507. The molecule has 0 aromatic carbocycles. The average molecular weight is 194 g/mol. The van der Waals surface area contributed by atoms with Crippen molar-refractivity contribution in [2.24, 2.45) is 5.73 Å². The van der Waals surface area contributed by atoms with Crippen LogP contribution in [-0.4, -0.2) is 10.2 Å². The number of furan rings is 1. The standard InChI is InChI=1S/C8H10N4O2/c9-3-7-11-12-8(14-7)10-4-6-1-2-13-5-6/h1-2,5H,3-4,9H2,(H,10,12). The molecule has 0 atom stereocenters. The van der Waals surface area contributed by atoms with Crippen molar-refractivity contribution in [3.05, 3.63) is 30.0 Å².